The third kappa shape index (κ3) is 7.19. The third-order valence-electron chi connectivity index (χ3n) is 7.84. The van der Waals surface area contributed by atoms with Crippen molar-refractivity contribution in [2.24, 2.45) is 0 Å². The number of aliphatic hydroxyl groups is 5. The van der Waals surface area contributed by atoms with E-state index in [2.05, 4.69) is 0 Å². The second-order valence-corrected chi connectivity index (χ2v) is 11.3. The highest BCUT2D eigenvalue weighted by molar-refractivity contribution is 5.90. The monoisotopic (exact) mass is 696 g/mol. The van der Waals surface area contributed by atoms with Gasteiger partial charge in [0.25, 0.3) is 0 Å². The number of aliphatic hydroxyl groups excluding tert-OH is 5. The van der Waals surface area contributed by atoms with E-state index in [1.807, 2.05) is 0 Å². The van der Waals surface area contributed by atoms with Crippen molar-refractivity contribution in [2.45, 2.75) is 74.8 Å². The highest BCUT2D eigenvalue weighted by Gasteiger charge is 2.51. The summed E-state index contributed by atoms with van der Waals surface area (Å²) in [7, 11) is 0. The Morgan fingerprint density at radius 2 is 1.53 bits per heavy atom. The fourth-order valence-corrected chi connectivity index (χ4v) is 5.26. The number of esters is 1. The van der Waals surface area contributed by atoms with Crippen LogP contribution in [0.25, 0.3) is 22.3 Å². The van der Waals surface area contributed by atoms with Crippen LogP contribution in [0.1, 0.15) is 13.3 Å². The molecule has 0 aliphatic carbocycles. The van der Waals surface area contributed by atoms with Gasteiger partial charge in [-0.2, -0.15) is 0 Å². The van der Waals surface area contributed by atoms with Gasteiger partial charge in [0.15, 0.2) is 29.7 Å². The maximum Gasteiger partial charge on any atom is 0.317 e. The Balaban J connectivity index is 1.60. The Labute approximate surface area is 273 Å². The van der Waals surface area contributed by atoms with E-state index in [1.54, 1.807) is 0 Å². The van der Waals surface area contributed by atoms with Gasteiger partial charge < -0.3 is 79.2 Å². The number of hydrogen-bond donors (Lipinski definition) is 10. The van der Waals surface area contributed by atoms with Crippen LogP contribution in [0.2, 0.25) is 0 Å². The number of rotatable bonds is 9. The Bertz CT molecular complexity index is 1770. The lowest BCUT2D eigenvalue weighted by atomic mass is 9.97. The highest BCUT2D eigenvalue weighted by Crippen LogP contribution is 2.40. The van der Waals surface area contributed by atoms with E-state index in [-0.39, 0.29) is 11.1 Å². The maximum absolute atomic E-state index is 13.9. The summed E-state index contributed by atoms with van der Waals surface area (Å²) < 4.78 is 33.4. The van der Waals surface area contributed by atoms with Crippen LogP contribution >= 0.6 is 0 Å². The molecule has 49 heavy (non-hydrogen) atoms. The van der Waals surface area contributed by atoms with Crippen molar-refractivity contribution in [3.63, 3.8) is 0 Å². The molecule has 10 N–H and O–H groups in total. The summed E-state index contributed by atoms with van der Waals surface area (Å²) in [5.41, 5.74) is -1.60. The summed E-state index contributed by atoms with van der Waals surface area (Å²) in [5.74, 6) is -6.54. The molecule has 3 aromatic rings. The zero-order chi connectivity index (χ0) is 35.9. The molecule has 5 rings (SSSR count). The zero-order valence-corrected chi connectivity index (χ0v) is 25.2. The normalized spacial score (nSPS) is 30.2. The number of phenolic OH excluding ortho intramolecular Hbond substituents is 4. The number of hydrogen-bond acceptors (Lipinski definition) is 18. The Morgan fingerprint density at radius 3 is 2.20 bits per heavy atom. The smallest absolute Gasteiger partial charge is 0.317 e. The van der Waals surface area contributed by atoms with E-state index < -0.39 is 132 Å². The lowest BCUT2D eigenvalue weighted by molar-refractivity contribution is -0.354. The molecule has 0 amide bonds. The molecule has 2 saturated heterocycles. The van der Waals surface area contributed by atoms with Crippen molar-refractivity contribution in [1.29, 1.82) is 0 Å². The van der Waals surface area contributed by atoms with Gasteiger partial charge in [0.05, 0.1) is 6.10 Å². The molecule has 19 nitrogen and oxygen atoms in total. The van der Waals surface area contributed by atoms with Crippen LogP contribution in [-0.4, -0.2) is 131 Å². The first-order valence-electron chi connectivity index (χ1n) is 14.5. The van der Waals surface area contributed by atoms with Crippen molar-refractivity contribution in [3.05, 3.63) is 40.6 Å². The molecule has 0 unspecified atom stereocenters. The average molecular weight is 697 g/mol. The zero-order valence-electron chi connectivity index (χ0n) is 25.2. The molecule has 0 saturated carbocycles. The number of carboxylic acid groups (broad SMARTS) is 1. The average Bonchev–Trinajstić information content (AvgIpc) is 3.03. The number of carboxylic acids is 1. The van der Waals surface area contributed by atoms with Gasteiger partial charge in [0.1, 0.15) is 72.1 Å². The number of phenols is 4. The lowest BCUT2D eigenvalue weighted by Gasteiger charge is -2.45. The summed E-state index contributed by atoms with van der Waals surface area (Å²) in [5, 5.41) is 102. The molecule has 10 atom stereocenters. The Hall–Kier alpha value is -4.73. The fraction of sp³-hybridized carbons (Fsp3) is 0.433. The lowest BCUT2D eigenvalue weighted by Crippen LogP contribution is -2.64. The van der Waals surface area contributed by atoms with E-state index in [9.17, 15) is 60.3 Å². The molecule has 2 aromatic carbocycles. The predicted molar refractivity (Wildman–Crippen MR) is 156 cm³/mol. The third-order valence-corrected chi connectivity index (χ3v) is 7.84. The minimum atomic E-state index is -2.07. The number of ether oxygens (including phenoxy) is 5. The second kappa shape index (κ2) is 14.0. The molecule has 266 valence electrons. The van der Waals surface area contributed by atoms with Gasteiger partial charge in [-0.15, -0.1) is 0 Å². The second-order valence-electron chi connectivity index (χ2n) is 11.3. The standard InChI is InChI=1S/C30H32O19/c1-9-20(38)23(41)25(43)29(45-9)49-28-24(42)21(39)16(8-44-18(37)7-17(35)36)47-30(28)48-27-22(40)19-14(34)5-11(31)6-15(19)46-26(27)10-2-3-12(32)13(33)4-10/h2-6,9,16,20-21,23-25,28-34,38-39,41-43H,7-8H2,1H3,(H,35,36)/t9-,16-,20-,21-,23+,24+,25+,28-,29-,30+/m1/s1. The van der Waals surface area contributed by atoms with Gasteiger partial charge >= 0.3 is 11.9 Å². The van der Waals surface area contributed by atoms with Crippen molar-refractivity contribution in [2.75, 3.05) is 6.61 Å². The van der Waals surface area contributed by atoms with Crippen LogP contribution in [0.5, 0.6) is 28.7 Å². The maximum atomic E-state index is 13.9. The predicted octanol–water partition coefficient (Wildman–Crippen LogP) is -1.66. The molecule has 0 radical (unpaired) electrons. The van der Waals surface area contributed by atoms with Crippen LogP contribution in [0.3, 0.4) is 0 Å². The van der Waals surface area contributed by atoms with Crippen molar-refractivity contribution in [3.8, 4) is 40.1 Å². The van der Waals surface area contributed by atoms with E-state index in [1.165, 1.54) is 13.0 Å². The number of fused-ring (bicyclic) bond motifs is 1. The van der Waals surface area contributed by atoms with Crippen molar-refractivity contribution < 1.29 is 88.8 Å². The van der Waals surface area contributed by atoms with Gasteiger partial charge in [0, 0.05) is 17.7 Å². The number of carbonyl (C=O) groups is 2. The Morgan fingerprint density at radius 1 is 0.816 bits per heavy atom. The molecular formula is C30H32O19. The molecular weight excluding hydrogens is 664 g/mol. The molecule has 2 aliphatic heterocycles. The quantitative estimate of drug-likeness (QED) is 0.0680. The first-order chi connectivity index (χ1) is 23.1. The van der Waals surface area contributed by atoms with E-state index in [0.717, 1.165) is 24.3 Å². The first kappa shape index (κ1) is 35.6. The SMILES string of the molecule is C[C@H]1O[C@H](O[C@H]2[C@H](Oc3c(-c4ccc(O)c(O)c4)oc4cc(O)cc(O)c4c3=O)O[C@H](COC(=O)CC(=O)O)[C@@H](O)[C@@H]2O)[C@@H](O)[C@@H](O)[C@@H]1O. The van der Waals surface area contributed by atoms with Gasteiger partial charge in [0.2, 0.25) is 17.5 Å². The van der Waals surface area contributed by atoms with Crippen molar-refractivity contribution >= 4 is 22.9 Å². The molecule has 0 spiro atoms. The molecule has 3 heterocycles. The van der Waals surface area contributed by atoms with Gasteiger partial charge in [-0.3, -0.25) is 14.4 Å². The minimum absolute atomic E-state index is 0.114. The van der Waals surface area contributed by atoms with E-state index >= 15 is 0 Å². The number of aliphatic carboxylic acids is 1. The Kier molecular flexibility index (Phi) is 10.2. The summed E-state index contributed by atoms with van der Waals surface area (Å²) in [6.45, 7) is 0.477. The summed E-state index contributed by atoms with van der Waals surface area (Å²) in [4.78, 5) is 36.7. The first-order valence-corrected chi connectivity index (χ1v) is 14.5. The van der Waals surface area contributed by atoms with E-state index in [4.69, 9.17) is 33.2 Å². The highest BCUT2D eigenvalue weighted by atomic mass is 16.8. The van der Waals surface area contributed by atoms with Crippen LogP contribution in [-0.2, 0) is 28.5 Å². The van der Waals surface area contributed by atoms with Crippen LogP contribution in [0, 0.1) is 0 Å². The summed E-state index contributed by atoms with van der Waals surface area (Å²) in [6.07, 6.45) is -19.0. The number of aromatic hydroxyl groups is 4. The van der Waals surface area contributed by atoms with Gasteiger partial charge in [-0.05, 0) is 25.1 Å². The van der Waals surface area contributed by atoms with Gasteiger partial charge in [-0.1, -0.05) is 0 Å². The number of benzene rings is 2. The fourth-order valence-electron chi connectivity index (χ4n) is 5.26. The largest absolute Gasteiger partial charge is 0.508 e. The summed E-state index contributed by atoms with van der Waals surface area (Å²) in [6, 6.07) is 4.99. The molecule has 1 aromatic heterocycles. The van der Waals surface area contributed by atoms with Crippen LogP contribution in [0.4, 0.5) is 0 Å². The summed E-state index contributed by atoms with van der Waals surface area (Å²) >= 11 is 0. The number of carbonyl (C=O) groups excluding carboxylic acids is 1. The van der Waals surface area contributed by atoms with Gasteiger partial charge in [-0.25, -0.2) is 0 Å². The molecule has 19 heteroatoms. The topological polar surface area (TPSA) is 313 Å². The molecule has 2 fully saturated rings. The minimum Gasteiger partial charge on any atom is -0.508 e. The van der Waals surface area contributed by atoms with Crippen LogP contribution < -0.4 is 10.2 Å². The van der Waals surface area contributed by atoms with E-state index in [0.29, 0.717) is 0 Å². The van der Waals surface area contributed by atoms with Crippen molar-refractivity contribution in [1.82, 2.24) is 0 Å². The van der Waals surface area contributed by atoms with Crippen LogP contribution in [0.15, 0.2) is 39.5 Å². The molecule has 2 aliphatic rings. The molecule has 0 bridgehead atoms.